The van der Waals surface area contributed by atoms with E-state index >= 15 is 0 Å². The summed E-state index contributed by atoms with van der Waals surface area (Å²) in [5.74, 6) is 1.58. The van der Waals surface area contributed by atoms with E-state index in [4.69, 9.17) is 24.7 Å². The van der Waals surface area contributed by atoms with Crippen molar-refractivity contribution in [3.63, 3.8) is 0 Å². The van der Waals surface area contributed by atoms with Crippen LogP contribution in [0.1, 0.15) is 20.3 Å². The van der Waals surface area contributed by atoms with Gasteiger partial charge in [-0.05, 0) is 26.0 Å². The molecule has 1 aromatic rings. The fourth-order valence-electron chi connectivity index (χ4n) is 1.75. The van der Waals surface area contributed by atoms with Gasteiger partial charge < -0.3 is 24.7 Å². The van der Waals surface area contributed by atoms with Gasteiger partial charge in [0, 0.05) is 12.5 Å². The molecule has 0 bridgehead atoms. The Hall–Kier alpha value is -1.95. The quantitative estimate of drug-likeness (QED) is 0.795. The summed E-state index contributed by atoms with van der Waals surface area (Å²) >= 11 is 0. The molecule has 20 heavy (non-hydrogen) atoms. The molecule has 0 saturated heterocycles. The Balaban J connectivity index is 1.85. The highest BCUT2D eigenvalue weighted by Gasteiger charge is 2.29. The van der Waals surface area contributed by atoms with Crippen molar-refractivity contribution in [1.82, 2.24) is 0 Å². The highest BCUT2D eigenvalue weighted by molar-refractivity contribution is 5.79. The van der Waals surface area contributed by atoms with E-state index in [0.717, 1.165) is 0 Å². The van der Waals surface area contributed by atoms with Gasteiger partial charge in [-0.15, -0.1) is 0 Å². The van der Waals surface area contributed by atoms with Crippen LogP contribution in [-0.2, 0) is 9.53 Å². The molecule has 1 heterocycles. The molecule has 2 rings (SSSR count). The number of fused-ring (bicyclic) bond motifs is 1. The van der Waals surface area contributed by atoms with Crippen molar-refractivity contribution in [2.24, 2.45) is 5.73 Å². The number of carbonyl (C=O) groups is 1. The predicted molar refractivity (Wildman–Crippen MR) is 71.9 cm³/mol. The Morgan fingerprint density at radius 1 is 1.40 bits per heavy atom. The van der Waals surface area contributed by atoms with Crippen molar-refractivity contribution in [2.45, 2.75) is 25.8 Å². The van der Waals surface area contributed by atoms with Crippen LogP contribution in [0.3, 0.4) is 0 Å². The number of benzene rings is 1. The molecule has 6 nitrogen and oxygen atoms in total. The molecule has 110 valence electrons. The number of ether oxygens (including phenoxy) is 4. The molecule has 0 aromatic heterocycles. The molecular weight excluding hydrogens is 262 g/mol. The maximum Gasteiger partial charge on any atom is 0.325 e. The Kier molecular flexibility index (Phi) is 4.34. The van der Waals surface area contributed by atoms with E-state index in [-0.39, 0.29) is 6.79 Å². The maximum atomic E-state index is 11.6. The molecule has 2 N–H and O–H groups in total. The average Bonchev–Trinajstić information content (AvgIpc) is 2.86. The number of hydrogen-bond acceptors (Lipinski definition) is 6. The van der Waals surface area contributed by atoms with Crippen molar-refractivity contribution >= 4 is 5.97 Å². The molecule has 0 saturated carbocycles. The number of rotatable bonds is 6. The smallest absolute Gasteiger partial charge is 0.325 e. The molecule has 1 aliphatic rings. The first-order valence-corrected chi connectivity index (χ1v) is 6.51. The SMILES string of the molecule is CCOC(=O)C(C)(N)CCOc1ccc2c(c1)OCO2. The zero-order valence-corrected chi connectivity index (χ0v) is 11.7. The Morgan fingerprint density at radius 2 is 2.15 bits per heavy atom. The molecule has 1 unspecified atom stereocenters. The molecule has 1 aromatic carbocycles. The lowest BCUT2D eigenvalue weighted by atomic mass is 10.0. The summed E-state index contributed by atoms with van der Waals surface area (Å²) in [5, 5.41) is 0. The van der Waals surface area contributed by atoms with E-state index in [1.807, 2.05) is 0 Å². The van der Waals surface area contributed by atoms with E-state index < -0.39 is 11.5 Å². The van der Waals surface area contributed by atoms with Gasteiger partial charge >= 0.3 is 5.97 Å². The van der Waals surface area contributed by atoms with Crippen LogP contribution in [-0.4, -0.2) is 31.5 Å². The van der Waals surface area contributed by atoms with Crippen LogP contribution >= 0.6 is 0 Å². The van der Waals surface area contributed by atoms with Crippen molar-refractivity contribution in [3.8, 4) is 17.2 Å². The van der Waals surface area contributed by atoms with Crippen molar-refractivity contribution < 1.29 is 23.7 Å². The molecule has 0 amide bonds. The summed E-state index contributed by atoms with van der Waals surface area (Å²) < 4.78 is 21.0. The maximum absolute atomic E-state index is 11.6. The lowest BCUT2D eigenvalue weighted by molar-refractivity contribution is -0.149. The minimum absolute atomic E-state index is 0.225. The number of hydrogen-bond donors (Lipinski definition) is 1. The molecule has 1 aliphatic heterocycles. The Bertz CT molecular complexity index is 486. The van der Waals surface area contributed by atoms with Gasteiger partial charge in [0.2, 0.25) is 6.79 Å². The fraction of sp³-hybridized carbons (Fsp3) is 0.500. The second-order valence-electron chi connectivity index (χ2n) is 4.75. The number of nitrogens with two attached hydrogens (primary N) is 1. The van der Waals surface area contributed by atoms with E-state index in [1.165, 1.54) is 0 Å². The van der Waals surface area contributed by atoms with Gasteiger partial charge in [0.25, 0.3) is 0 Å². The minimum atomic E-state index is -1.05. The summed E-state index contributed by atoms with van der Waals surface area (Å²) in [4.78, 5) is 11.6. The van der Waals surface area contributed by atoms with Crippen LogP contribution in [0, 0.1) is 0 Å². The Labute approximate surface area is 117 Å². The molecule has 6 heteroatoms. The lowest BCUT2D eigenvalue weighted by Crippen LogP contribution is -2.47. The molecule has 0 aliphatic carbocycles. The molecule has 0 spiro atoms. The molecule has 0 fully saturated rings. The average molecular weight is 281 g/mol. The van der Waals surface area contributed by atoms with Crippen molar-refractivity contribution in [3.05, 3.63) is 18.2 Å². The zero-order chi connectivity index (χ0) is 14.6. The summed E-state index contributed by atoms with van der Waals surface area (Å²) in [6, 6.07) is 5.32. The summed E-state index contributed by atoms with van der Waals surface area (Å²) in [6.45, 7) is 4.23. The van der Waals surface area contributed by atoms with Gasteiger partial charge in [0.15, 0.2) is 11.5 Å². The zero-order valence-electron chi connectivity index (χ0n) is 11.7. The fourth-order valence-corrected chi connectivity index (χ4v) is 1.75. The van der Waals surface area contributed by atoms with Crippen LogP contribution in [0.5, 0.6) is 17.2 Å². The standard InChI is InChI=1S/C14H19NO5/c1-3-17-13(16)14(2,15)6-7-18-10-4-5-11-12(8-10)20-9-19-11/h4-5,8H,3,6-7,9,15H2,1-2H3. The second-order valence-corrected chi connectivity index (χ2v) is 4.75. The van der Waals surface area contributed by atoms with Gasteiger partial charge in [0.1, 0.15) is 11.3 Å². The molecule has 1 atom stereocenters. The van der Waals surface area contributed by atoms with Gasteiger partial charge in [-0.1, -0.05) is 0 Å². The summed E-state index contributed by atoms with van der Waals surface area (Å²) in [6.07, 6.45) is 0.361. The predicted octanol–water partition coefficient (Wildman–Crippen LogP) is 1.46. The first-order valence-electron chi connectivity index (χ1n) is 6.51. The minimum Gasteiger partial charge on any atom is -0.493 e. The molecule has 0 radical (unpaired) electrons. The third kappa shape index (κ3) is 3.33. The van der Waals surface area contributed by atoms with E-state index in [2.05, 4.69) is 0 Å². The topological polar surface area (TPSA) is 80.0 Å². The summed E-state index contributed by atoms with van der Waals surface area (Å²) in [5.41, 5.74) is 4.85. The third-order valence-corrected chi connectivity index (χ3v) is 2.98. The Morgan fingerprint density at radius 3 is 2.90 bits per heavy atom. The first kappa shape index (κ1) is 14.5. The summed E-state index contributed by atoms with van der Waals surface area (Å²) in [7, 11) is 0. The highest BCUT2D eigenvalue weighted by Crippen LogP contribution is 2.35. The number of carbonyl (C=O) groups excluding carboxylic acids is 1. The normalized spacial score (nSPS) is 15.6. The van der Waals surface area contributed by atoms with Crippen LogP contribution in [0.4, 0.5) is 0 Å². The lowest BCUT2D eigenvalue weighted by Gasteiger charge is -2.22. The van der Waals surface area contributed by atoms with Gasteiger partial charge in [-0.2, -0.15) is 0 Å². The van der Waals surface area contributed by atoms with E-state index in [0.29, 0.717) is 36.9 Å². The van der Waals surface area contributed by atoms with E-state index in [1.54, 1.807) is 32.0 Å². The van der Waals surface area contributed by atoms with Crippen LogP contribution < -0.4 is 19.9 Å². The third-order valence-electron chi connectivity index (χ3n) is 2.98. The van der Waals surface area contributed by atoms with Gasteiger partial charge in [0.05, 0.1) is 13.2 Å². The van der Waals surface area contributed by atoms with Crippen LogP contribution in [0.25, 0.3) is 0 Å². The van der Waals surface area contributed by atoms with Crippen LogP contribution in [0.2, 0.25) is 0 Å². The molecular formula is C14H19NO5. The van der Waals surface area contributed by atoms with Crippen molar-refractivity contribution in [1.29, 1.82) is 0 Å². The first-order chi connectivity index (χ1) is 9.53. The monoisotopic (exact) mass is 281 g/mol. The van der Waals surface area contributed by atoms with Gasteiger partial charge in [-0.3, -0.25) is 4.79 Å². The van der Waals surface area contributed by atoms with E-state index in [9.17, 15) is 4.79 Å². The largest absolute Gasteiger partial charge is 0.493 e. The van der Waals surface area contributed by atoms with Crippen molar-refractivity contribution in [2.75, 3.05) is 20.0 Å². The second kappa shape index (κ2) is 6.00. The highest BCUT2D eigenvalue weighted by atomic mass is 16.7. The number of esters is 1. The van der Waals surface area contributed by atoms with Gasteiger partial charge in [-0.25, -0.2) is 0 Å². The van der Waals surface area contributed by atoms with Crippen LogP contribution in [0.15, 0.2) is 18.2 Å².